The van der Waals surface area contributed by atoms with Crippen molar-refractivity contribution in [3.05, 3.63) is 76.7 Å². The van der Waals surface area contributed by atoms with Gasteiger partial charge in [-0.1, -0.05) is 62.4 Å². The fraction of sp³-hybridized carbons (Fsp3) is 0.364. The van der Waals surface area contributed by atoms with Crippen LogP contribution < -0.4 is 18.9 Å². The van der Waals surface area contributed by atoms with Crippen molar-refractivity contribution in [3.63, 3.8) is 0 Å². The van der Waals surface area contributed by atoms with Crippen LogP contribution in [0.2, 0.25) is 0 Å². The molecule has 0 nitrogen and oxygen atoms in total. The minimum atomic E-state index is 0. The maximum atomic E-state index is 3.45. The van der Waals surface area contributed by atoms with Gasteiger partial charge < -0.3 is 0 Å². The Bertz CT molecular complexity index is 714. The van der Waals surface area contributed by atoms with Crippen LogP contribution >= 0.6 is 11.8 Å². The average Bonchev–Trinajstić information content (AvgIpc) is 2.53. The Kier molecular flexibility index (Phi) is 6.13. The predicted octanol–water partition coefficient (Wildman–Crippen LogP) is 3.50. The van der Waals surface area contributed by atoms with Crippen LogP contribution in [0, 0.1) is 6.08 Å². The Labute approximate surface area is 163 Å². The molecule has 0 radical (unpaired) electrons. The van der Waals surface area contributed by atoms with E-state index in [1.165, 1.54) is 34.4 Å². The molecule has 2 heteroatoms. The Morgan fingerprint density at radius 3 is 2.17 bits per heavy atom. The van der Waals surface area contributed by atoms with E-state index in [2.05, 4.69) is 81.6 Å². The van der Waals surface area contributed by atoms with Gasteiger partial charge in [-0.05, 0) is 35.8 Å². The molecular weight excluding hydrogens is 303 g/mol. The normalized spacial score (nSPS) is 18.0. The van der Waals surface area contributed by atoms with Crippen molar-refractivity contribution >= 4 is 11.8 Å². The van der Waals surface area contributed by atoms with Gasteiger partial charge >= 0.3 is 18.9 Å². The molecular formula is C22H25LiS. The molecule has 0 aliphatic heterocycles. The van der Waals surface area contributed by atoms with Crippen molar-refractivity contribution in [3.8, 4) is 0 Å². The molecule has 0 atom stereocenters. The summed E-state index contributed by atoms with van der Waals surface area (Å²) in [4.78, 5) is 1.25. The third-order valence-corrected chi connectivity index (χ3v) is 5.80. The van der Waals surface area contributed by atoms with Gasteiger partial charge in [0.1, 0.15) is 0 Å². The van der Waals surface area contributed by atoms with Crippen molar-refractivity contribution in [2.24, 2.45) is 0 Å². The molecule has 0 saturated carbocycles. The molecule has 0 fully saturated rings. The van der Waals surface area contributed by atoms with Gasteiger partial charge in [-0.2, -0.15) is 23.8 Å². The van der Waals surface area contributed by atoms with Crippen molar-refractivity contribution in [1.82, 2.24) is 0 Å². The number of fused-ring (bicyclic) bond motifs is 1. The summed E-state index contributed by atoms with van der Waals surface area (Å²) >= 11 is 1.72. The minimum absolute atomic E-state index is 0. The molecule has 0 amide bonds. The van der Waals surface area contributed by atoms with Gasteiger partial charge in [0.25, 0.3) is 0 Å². The van der Waals surface area contributed by atoms with E-state index in [9.17, 15) is 0 Å². The molecule has 0 unspecified atom stereocenters. The summed E-state index contributed by atoms with van der Waals surface area (Å²) in [5.41, 5.74) is 4.73. The van der Waals surface area contributed by atoms with E-state index in [0.717, 1.165) is 0 Å². The fourth-order valence-corrected chi connectivity index (χ4v) is 3.99. The van der Waals surface area contributed by atoms with E-state index in [1.54, 1.807) is 11.8 Å². The van der Waals surface area contributed by atoms with Crippen molar-refractivity contribution in [2.45, 2.75) is 56.3 Å². The molecule has 0 spiro atoms. The molecule has 2 aromatic carbocycles. The monoisotopic (exact) mass is 328 g/mol. The van der Waals surface area contributed by atoms with Crippen LogP contribution in [0.1, 0.15) is 57.2 Å². The first-order valence-electron chi connectivity index (χ1n) is 8.33. The molecule has 1 aliphatic rings. The summed E-state index contributed by atoms with van der Waals surface area (Å²) in [5.74, 6) is 0. The number of rotatable bonds is 3. The largest absolute Gasteiger partial charge is 1.00 e. The summed E-state index contributed by atoms with van der Waals surface area (Å²) < 4.78 is 0. The predicted molar refractivity (Wildman–Crippen MR) is 101 cm³/mol. The Hall–Kier alpha value is -0.873. The molecule has 24 heavy (non-hydrogen) atoms. The van der Waals surface area contributed by atoms with Gasteiger partial charge in [-0.25, -0.2) is 0 Å². The second-order valence-corrected chi connectivity index (χ2v) is 8.66. The zero-order chi connectivity index (χ0) is 16.5. The Balaban J connectivity index is 0.00000208. The van der Waals surface area contributed by atoms with Gasteiger partial charge in [0.05, 0.1) is 0 Å². The van der Waals surface area contributed by atoms with Crippen molar-refractivity contribution in [2.75, 3.05) is 0 Å². The van der Waals surface area contributed by atoms with E-state index in [-0.39, 0.29) is 29.7 Å². The SMILES string of the molecule is CC1(C)CCC(C)(C)c2cc([C-]=CSc3ccccc3)ccc21.[Li+]. The number of hydrogen-bond acceptors (Lipinski definition) is 1. The summed E-state index contributed by atoms with van der Waals surface area (Å²) in [7, 11) is 0. The van der Waals surface area contributed by atoms with Crippen molar-refractivity contribution < 1.29 is 18.9 Å². The average molecular weight is 328 g/mol. The Morgan fingerprint density at radius 1 is 0.875 bits per heavy atom. The first-order valence-corrected chi connectivity index (χ1v) is 9.21. The van der Waals surface area contributed by atoms with Gasteiger partial charge in [0.2, 0.25) is 0 Å². The molecule has 0 saturated heterocycles. The molecule has 0 N–H and O–H groups in total. The summed E-state index contributed by atoms with van der Waals surface area (Å²) in [6, 6.07) is 17.3. The third-order valence-electron chi connectivity index (χ3n) is 5.02. The van der Waals surface area contributed by atoms with E-state index in [4.69, 9.17) is 0 Å². The Morgan fingerprint density at radius 2 is 1.50 bits per heavy atom. The first kappa shape index (κ1) is 19.5. The summed E-state index contributed by atoms with van der Waals surface area (Å²) in [6.07, 6.45) is 5.95. The van der Waals surface area contributed by atoms with Crippen LogP contribution in [0.5, 0.6) is 0 Å². The maximum absolute atomic E-state index is 3.45. The second kappa shape index (κ2) is 7.57. The van der Waals surface area contributed by atoms with Gasteiger partial charge in [-0.3, -0.25) is 0 Å². The molecule has 2 aromatic rings. The van der Waals surface area contributed by atoms with Crippen LogP contribution in [-0.4, -0.2) is 0 Å². The van der Waals surface area contributed by atoms with Crippen LogP contribution in [0.4, 0.5) is 0 Å². The zero-order valence-corrected chi connectivity index (χ0v) is 16.3. The summed E-state index contributed by atoms with van der Waals surface area (Å²) in [6.45, 7) is 9.47. The van der Waals surface area contributed by atoms with Gasteiger partial charge in [0, 0.05) is 4.90 Å². The first-order chi connectivity index (χ1) is 10.9. The molecule has 1 aliphatic carbocycles. The molecule has 0 aromatic heterocycles. The van der Waals surface area contributed by atoms with E-state index >= 15 is 0 Å². The zero-order valence-electron chi connectivity index (χ0n) is 15.5. The smallest absolute Gasteiger partial charge is 0.192 e. The second-order valence-electron chi connectivity index (χ2n) is 7.72. The van der Waals surface area contributed by atoms with E-state index in [0.29, 0.717) is 0 Å². The van der Waals surface area contributed by atoms with E-state index in [1.807, 2.05) is 6.07 Å². The molecule has 0 bridgehead atoms. The van der Waals surface area contributed by atoms with E-state index < -0.39 is 0 Å². The van der Waals surface area contributed by atoms with Gasteiger partial charge in [0.15, 0.2) is 0 Å². The van der Waals surface area contributed by atoms with Crippen LogP contribution in [0.25, 0.3) is 0 Å². The molecule has 3 rings (SSSR count). The van der Waals surface area contributed by atoms with Gasteiger partial charge in [-0.15, -0.1) is 17.8 Å². The molecule has 120 valence electrons. The third kappa shape index (κ3) is 4.20. The summed E-state index contributed by atoms with van der Waals surface area (Å²) in [5, 5.41) is 2.07. The standard InChI is InChI=1S/C22H25S.Li/c1-21(2)13-14-22(3,4)20-16-17(10-11-19(20)21)12-15-23-18-8-6-5-7-9-18;/h5-11,15-16H,13-14H2,1-4H3;/q-1;+1. The fourth-order valence-electron chi connectivity index (χ4n) is 3.34. The molecule has 0 heterocycles. The quantitative estimate of drug-likeness (QED) is 0.472. The van der Waals surface area contributed by atoms with Crippen LogP contribution in [-0.2, 0) is 10.8 Å². The topological polar surface area (TPSA) is 0 Å². The van der Waals surface area contributed by atoms with Crippen LogP contribution in [0.15, 0.2) is 58.8 Å². The maximum Gasteiger partial charge on any atom is 1.00 e. The van der Waals surface area contributed by atoms with Crippen LogP contribution in [0.3, 0.4) is 0 Å². The number of hydrogen-bond donors (Lipinski definition) is 0. The number of benzene rings is 2. The number of thioether (sulfide) groups is 1. The minimum Gasteiger partial charge on any atom is -0.192 e. The van der Waals surface area contributed by atoms with Crippen molar-refractivity contribution in [1.29, 1.82) is 0 Å².